The molecule has 0 radical (unpaired) electrons. The fourth-order valence-corrected chi connectivity index (χ4v) is 1.67. The van der Waals surface area contributed by atoms with Crippen molar-refractivity contribution in [2.24, 2.45) is 5.73 Å². The van der Waals surface area contributed by atoms with Crippen LogP contribution in [0.15, 0.2) is 34.8 Å². The predicted octanol–water partition coefficient (Wildman–Crippen LogP) is 0.861. The van der Waals surface area contributed by atoms with E-state index in [9.17, 15) is 14.4 Å². The number of carboxylic acid groups (broad SMARTS) is 1. The van der Waals surface area contributed by atoms with Gasteiger partial charge in [0.1, 0.15) is 13.1 Å². The van der Waals surface area contributed by atoms with Gasteiger partial charge in [-0.3, -0.25) is 14.4 Å². The molecule has 0 aliphatic heterocycles. The SMILES string of the molecule is NC(=O)CN(CC(=O)O)C(=O)/C=C/c1ccc(Br)cc1. The number of carbonyl (C=O) groups is 3. The Labute approximate surface area is 124 Å². The molecule has 1 rings (SSSR count). The number of nitrogens with two attached hydrogens (primary N) is 1. The second kappa shape index (κ2) is 7.44. The van der Waals surface area contributed by atoms with Crippen LogP contribution in [0.5, 0.6) is 0 Å². The monoisotopic (exact) mass is 340 g/mol. The normalized spacial score (nSPS) is 10.4. The van der Waals surface area contributed by atoms with Crippen molar-refractivity contribution in [1.29, 1.82) is 0 Å². The minimum Gasteiger partial charge on any atom is -0.480 e. The second-order valence-electron chi connectivity index (χ2n) is 3.94. The standard InChI is InChI=1S/C13H13BrN2O4/c14-10-4-1-9(2-5-10)3-6-12(18)16(7-11(15)17)8-13(19)20/h1-6H,7-8H2,(H2,15,17)(H,19,20)/b6-3+. The van der Waals surface area contributed by atoms with Gasteiger partial charge in [0.25, 0.3) is 0 Å². The zero-order valence-corrected chi connectivity index (χ0v) is 12.0. The molecular weight excluding hydrogens is 328 g/mol. The smallest absolute Gasteiger partial charge is 0.323 e. The lowest BCUT2D eigenvalue weighted by atomic mass is 10.2. The molecule has 20 heavy (non-hydrogen) atoms. The minimum absolute atomic E-state index is 0.435. The fourth-order valence-electron chi connectivity index (χ4n) is 1.41. The summed E-state index contributed by atoms with van der Waals surface area (Å²) in [5.41, 5.74) is 5.75. The zero-order valence-electron chi connectivity index (χ0n) is 10.5. The molecule has 1 aromatic carbocycles. The molecule has 0 aliphatic rings. The van der Waals surface area contributed by atoms with E-state index in [1.165, 1.54) is 12.2 Å². The summed E-state index contributed by atoms with van der Waals surface area (Å²) in [6.45, 7) is -1.01. The maximum atomic E-state index is 11.8. The van der Waals surface area contributed by atoms with Gasteiger partial charge < -0.3 is 15.7 Å². The summed E-state index contributed by atoms with van der Waals surface area (Å²) in [4.78, 5) is 34.1. The minimum atomic E-state index is -1.21. The van der Waals surface area contributed by atoms with Gasteiger partial charge >= 0.3 is 5.97 Å². The van der Waals surface area contributed by atoms with Gasteiger partial charge in [-0.05, 0) is 23.8 Å². The van der Waals surface area contributed by atoms with Gasteiger partial charge in [-0.25, -0.2) is 0 Å². The number of hydrogen-bond acceptors (Lipinski definition) is 3. The first-order chi connectivity index (χ1) is 9.38. The lowest BCUT2D eigenvalue weighted by molar-refractivity contribution is -0.143. The van der Waals surface area contributed by atoms with Gasteiger partial charge in [0.05, 0.1) is 0 Å². The number of amides is 2. The Morgan fingerprint density at radius 2 is 1.80 bits per heavy atom. The maximum absolute atomic E-state index is 11.8. The first-order valence-electron chi connectivity index (χ1n) is 5.61. The average molecular weight is 341 g/mol. The van der Waals surface area contributed by atoms with E-state index in [-0.39, 0.29) is 0 Å². The molecule has 0 aromatic heterocycles. The molecule has 1 aromatic rings. The van der Waals surface area contributed by atoms with Crippen LogP contribution in [0, 0.1) is 0 Å². The molecule has 3 N–H and O–H groups in total. The van der Waals surface area contributed by atoms with Crippen LogP contribution in [0.3, 0.4) is 0 Å². The summed E-state index contributed by atoms with van der Waals surface area (Å²) in [5.74, 6) is -2.57. The van der Waals surface area contributed by atoms with Crippen LogP contribution >= 0.6 is 15.9 Å². The second-order valence-corrected chi connectivity index (χ2v) is 4.85. The first-order valence-corrected chi connectivity index (χ1v) is 6.40. The largest absolute Gasteiger partial charge is 0.480 e. The molecule has 106 valence electrons. The van der Waals surface area contributed by atoms with Crippen LogP contribution in [0.2, 0.25) is 0 Å². The number of rotatable bonds is 6. The average Bonchev–Trinajstić information content (AvgIpc) is 2.36. The summed E-state index contributed by atoms with van der Waals surface area (Å²) in [6.07, 6.45) is 2.74. The highest BCUT2D eigenvalue weighted by atomic mass is 79.9. The van der Waals surface area contributed by atoms with E-state index in [0.29, 0.717) is 0 Å². The van der Waals surface area contributed by atoms with Crippen molar-refractivity contribution in [3.8, 4) is 0 Å². The number of benzene rings is 1. The first kappa shape index (κ1) is 15.9. The van der Waals surface area contributed by atoms with Crippen LogP contribution < -0.4 is 5.73 Å². The van der Waals surface area contributed by atoms with Crippen molar-refractivity contribution in [3.05, 3.63) is 40.4 Å². The van der Waals surface area contributed by atoms with Crippen LogP contribution in [-0.4, -0.2) is 40.9 Å². The Kier molecular flexibility index (Phi) is 5.92. The van der Waals surface area contributed by atoms with Gasteiger partial charge in [0.15, 0.2) is 0 Å². The highest BCUT2D eigenvalue weighted by Gasteiger charge is 2.16. The quantitative estimate of drug-likeness (QED) is 0.750. The fraction of sp³-hybridized carbons (Fsp3) is 0.154. The van der Waals surface area contributed by atoms with Crippen LogP contribution in [0.25, 0.3) is 6.08 Å². The number of carbonyl (C=O) groups excluding carboxylic acids is 2. The van der Waals surface area contributed by atoms with E-state index in [0.717, 1.165) is 14.9 Å². The Balaban J connectivity index is 2.76. The summed E-state index contributed by atoms with van der Waals surface area (Å²) in [7, 11) is 0. The van der Waals surface area contributed by atoms with Crippen molar-refractivity contribution in [2.75, 3.05) is 13.1 Å². The molecule has 0 aliphatic carbocycles. The molecular formula is C13H13BrN2O4. The number of carboxylic acids is 1. The van der Waals surface area contributed by atoms with Crippen molar-refractivity contribution >= 4 is 39.8 Å². The van der Waals surface area contributed by atoms with E-state index in [1.54, 1.807) is 12.1 Å². The molecule has 0 atom stereocenters. The van der Waals surface area contributed by atoms with Crippen molar-refractivity contribution in [1.82, 2.24) is 4.90 Å². The van der Waals surface area contributed by atoms with E-state index >= 15 is 0 Å². The molecule has 7 heteroatoms. The Morgan fingerprint density at radius 3 is 2.30 bits per heavy atom. The topological polar surface area (TPSA) is 101 Å². The highest BCUT2D eigenvalue weighted by molar-refractivity contribution is 9.10. The number of hydrogen-bond donors (Lipinski definition) is 2. The maximum Gasteiger partial charge on any atom is 0.323 e. The molecule has 0 heterocycles. The van der Waals surface area contributed by atoms with Gasteiger partial charge in [-0.2, -0.15) is 0 Å². The third-order valence-electron chi connectivity index (χ3n) is 2.27. The van der Waals surface area contributed by atoms with E-state index in [4.69, 9.17) is 10.8 Å². The number of primary amides is 1. The molecule has 0 saturated heterocycles. The van der Waals surface area contributed by atoms with Gasteiger partial charge in [0, 0.05) is 10.5 Å². The Bertz CT molecular complexity index is 524. The van der Waals surface area contributed by atoms with Gasteiger partial charge in [0.2, 0.25) is 11.8 Å². The van der Waals surface area contributed by atoms with Crippen LogP contribution in [0.4, 0.5) is 0 Å². The molecule has 0 unspecified atom stereocenters. The predicted molar refractivity (Wildman–Crippen MR) is 76.6 cm³/mol. The third-order valence-corrected chi connectivity index (χ3v) is 2.80. The van der Waals surface area contributed by atoms with Crippen molar-refractivity contribution in [2.45, 2.75) is 0 Å². The number of nitrogens with zero attached hydrogens (tertiary/aromatic N) is 1. The Morgan fingerprint density at radius 1 is 1.20 bits per heavy atom. The third kappa shape index (κ3) is 5.66. The summed E-state index contributed by atoms with van der Waals surface area (Å²) < 4.78 is 0.905. The van der Waals surface area contributed by atoms with E-state index in [1.807, 2.05) is 12.1 Å². The van der Waals surface area contributed by atoms with E-state index < -0.39 is 30.9 Å². The van der Waals surface area contributed by atoms with Crippen LogP contribution in [-0.2, 0) is 14.4 Å². The van der Waals surface area contributed by atoms with Crippen LogP contribution in [0.1, 0.15) is 5.56 Å². The molecule has 0 bridgehead atoms. The van der Waals surface area contributed by atoms with Crippen molar-refractivity contribution < 1.29 is 19.5 Å². The van der Waals surface area contributed by atoms with Gasteiger partial charge in [-0.15, -0.1) is 0 Å². The lowest BCUT2D eigenvalue weighted by Gasteiger charge is -2.16. The van der Waals surface area contributed by atoms with Gasteiger partial charge in [-0.1, -0.05) is 28.1 Å². The Hall–Kier alpha value is -2.15. The number of halogens is 1. The molecule has 2 amide bonds. The summed E-state index contributed by atoms with van der Waals surface area (Å²) >= 11 is 3.29. The lowest BCUT2D eigenvalue weighted by Crippen LogP contribution is -2.40. The molecule has 0 saturated carbocycles. The summed E-state index contributed by atoms with van der Waals surface area (Å²) in [6, 6.07) is 7.18. The summed E-state index contributed by atoms with van der Waals surface area (Å²) in [5, 5.41) is 8.69. The zero-order chi connectivity index (χ0) is 15.1. The van der Waals surface area contributed by atoms with Crippen molar-refractivity contribution in [3.63, 3.8) is 0 Å². The molecule has 6 nitrogen and oxygen atoms in total. The van der Waals surface area contributed by atoms with E-state index in [2.05, 4.69) is 15.9 Å². The molecule has 0 spiro atoms. The number of aliphatic carboxylic acids is 1. The highest BCUT2D eigenvalue weighted by Crippen LogP contribution is 2.11. The molecule has 0 fully saturated rings.